The van der Waals surface area contributed by atoms with Crippen molar-refractivity contribution >= 4 is 58.3 Å². The van der Waals surface area contributed by atoms with Gasteiger partial charge >= 0.3 is 0 Å². The molecule has 0 atom stereocenters. The van der Waals surface area contributed by atoms with Crippen LogP contribution in [-0.2, 0) is 4.79 Å². The lowest BCUT2D eigenvalue weighted by atomic mass is 10.2. The first kappa shape index (κ1) is 16.2. The Kier molecular flexibility index (Phi) is 4.85. The first-order valence-corrected chi connectivity index (χ1v) is 6.92. The summed E-state index contributed by atoms with van der Waals surface area (Å²) in [5, 5.41) is 8.46. The Bertz CT molecular complexity index is 658. The summed E-state index contributed by atoms with van der Waals surface area (Å²) in [5.41, 5.74) is 1.15. The van der Waals surface area contributed by atoms with Crippen LogP contribution in [0.2, 0.25) is 5.02 Å². The Labute approximate surface area is 139 Å². The molecule has 0 bridgehead atoms. The highest BCUT2D eigenvalue weighted by Crippen LogP contribution is 2.29. The second-order valence-corrected chi connectivity index (χ2v) is 6.54. The Morgan fingerprint density at radius 1 is 1.19 bits per heavy atom. The highest BCUT2D eigenvalue weighted by atomic mass is 35.6. The van der Waals surface area contributed by atoms with E-state index < -0.39 is 9.70 Å². The second kappa shape index (κ2) is 6.29. The molecule has 0 spiro atoms. The standard InChI is InChI=1S/C11H7Cl4N5O/c12-7-3-1-6(2-4-7)8-5-17-19-10(18-8)20(16)9(21)11(13,14)15/h1-5H,16H2. The van der Waals surface area contributed by atoms with Crippen LogP contribution in [0.15, 0.2) is 30.5 Å². The van der Waals surface area contributed by atoms with Crippen molar-refractivity contribution in [2.75, 3.05) is 5.01 Å². The van der Waals surface area contributed by atoms with Gasteiger partial charge in [0, 0.05) is 10.6 Å². The lowest BCUT2D eigenvalue weighted by Gasteiger charge is -2.18. The summed E-state index contributed by atoms with van der Waals surface area (Å²) in [7, 11) is 0. The normalized spacial score (nSPS) is 11.3. The Balaban J connectivity index is 2.34. The minimum absolute atomic E-state index is 0.196. The largest absolute Gasteiger partial charge is 0.295 e. The zero-order valence-electron chi connectivity index (χ0n) is 10.2. The number of alkyl halides is 3. The topological polar surface area (TPSA) is 85.0 Å². The molecule has 0 saturated heterocycles. The van der Waals surface area contributed by atoms with E-state index in [-0.39, 0.29) is 5.95 Å². The third-order valence-corrected chi connectivity index (χ3v) is 3.10. The van der Waals surface area contributed by atoms with Gasteiger partial charge in [-0.1, -0.05) is 58.5 Å². The Hall–Kier alpha value is -1.18. The first-order chi connectivity index (χ1) is 9.79. The summed E-state index contributed by atoms with van der Waals surface area (Å²) in [6.07, 6.45) is 1.40. The quantitative estimate of drug-likeness (QED) is 0.382. The molecule has 0 aliphatic heterocycles. The van der Waals surface area contributed by atoms with E-state index in [1.165, 1.54) is 6.20 Å². The highest BCUT2D eigenvalue weighted by Gasteiger charge is 2.36. The van der Waals surface area contributed by atoms with Crippen molar-refractivity contribution < 1.29 is 4.79 Å². The highest BCUT2D eigenvalue weighted by molar-refractivity contribution is 6.76. The number of halogens is 4. The van der Waals surface area contributed by atoms with Gasteiger partial charge < -0.3 is 0 Å². The van der Waals surface area contributed by atoms with E-state index in [0.717, 1.165) is 0 Å². The molecule has 0 unspecified atom stereocenters. The van der Waals surface area contributed by atoms with E-state index in [1.54, 1.807) is 24.3 Å². The van der Waals surface area contributed by atoms with Crippen molar-refractivity contribution in [3.8, 4) is 11.3 Å². The molecule has 2 rings (SSSR count). The molecule has 2 aromatic rings. The molecule has 21 heavy (non-hydrogen) atoms. The number of rotatable bonds is 2. The number of hydrogen-bond donors (Lipinski definition) is 1. The molecule has 2 N–H and O–H groups in total. The maximum Gasteiger partial charge on any atom is 0.295 e. The molecule has 1 heterocycles. The fraction of sp³-hybridized carbons (Fsp3) is 0.0909. The van der Waals surface area contributed by atoms with E-state index in [9.17, 15) is 4.79 Å². The Morgan fingerprint density at radius 2 is 1.81 bits per heavy atom. The van der Waals surface area contributed by atoms with E-state index >= 15 is 0 Å². The van der Waals surface area contributed by atoms with Gasteiger partial charge in [0.2, 0.25) is 0 Å². The molecule has 1 aromatic carbocycles. The van der Waals surface area contributed by atoms with Gasteiger partial charge in [-0.2, -0.15) is 5.10 Å². The van der Waals surface area contributed by atoms with Crippen molar-refractivity contribution in [1.29, 1.82) is 0 Å². The lowest BCUT2D eigenvalue weighted by molar-refractivity contribution is -0.117. The van der Waals surface area contributed by atoms with Crippen LogP contribution in [0.25, 0.3) is 11.3 Å². The average molecular weight is 367 g/mol. The van der Waals surface area contributed by atoms with Crippen molar-refractivity contribution in [3.05, 3.63) is 35.5 Å². The number of benzene rings is 1. The second-order valence-electron chi connectivity index (χ2n) is 3.82. The number of aromatic nitrogens is 3. The van der Waals surface area contributed by atoms with Gasteiger partial charge in [0.15, 0.2) is 0 Å². The number of anilines is 1. The van der Waals surface area contributed by atoms with Crippen LogP contribution in [-0.4, -0.2) is 24.9 Å². The minimum Gasteiger partial charge on any atom is -0.268 e. The summed E-state index contributed by atoms with van der Waals surface area (Å²) in [5.74, 6) is 4.35. The van der Waals surface area contributed by atoms with Gasteiger partial charge in [0.05, 0.1) is 11.9 Å². The van der Waals surface area contributed by atoms with E-state index in [4.69, 9.17) is 52.2 Å². The van der Waals surface area contributed by atoms with Crippen molar-refractivity contribution in [3.63, 3.8) is 0 Å². The van der Waals surface area contributed by atoms with Crippen LogP contribution in [0.3, 0.4) is 0 Å². The molecular formula is C11H7Cl4N5O. The molecule has 1 aromatic heterocycles. The third-order valence-electron chi connectivity index (χ3n) is 2.36. The van der Waals surface area contributed by atoms with Crippen LogP contribution < -0.4 is 10.9 Å². The predicted octanol–water partition coefficient (Wildman–Crippen LogP) is 2.77. The zero-order chi connectivity index (χ0) is 15.6. The van der Waals surface area contributed by atoms with E-state index in [1.807, 2.05) is 0 Å². The smallest absolute Gasteiger partial charge is 0.268 e. The summed E-state index contributed by atoms with van der Waals surface area (Å²) >= 11 is 22.2. The van der Waals surface area contributed by atoms with Crippen molar-refractivity contribution in [2.24, 2.45) is 5.84 Å². The van der Waals surface area contributed by atoms with Crippen LogP contribution in [0.1, 0.15) is 0 Å². The number of hydrazine groups is 1. The van der Waals surface area contributed by atoms with Gasteiger partial charge in [-0.05, 0) is 12.1 Å². The summed E-state index contributed by atoms with van der Waals surface area (Å²) < 4.78 is -2.21. The van der Waals surface area contributed by atoms with Gasteiger partial charge in [0.25, 0.3) is 15.6 Å². The van der Waals surface area contributed by atoms with E-state index in [0.29, 0.717) is 21.3 Å². The monoisotopic (exact) mass is 365 g/mol. The van der Waals surface area contributed by atoms with Crippen LogP contribution in [0.5, 0.6) is 0 Å². The maximum atomic E-state index is 11.7. The van der Waals surface area contributed by atoms with Crippen molar-refractivity contribution in [2.45, 2.75) is 3.79 Å². The van der Waals surface area contributed by atoms with Gasteiger partial charge in [-0.25, -0.2) is 15.8 Å². The van der Waals surface area contributed by atoms with Gasteiger partial charge in [-0.15, -0.1) is 5.10 Å². The molecule has 1 amide bonds. The van der Waals surface area contributed by atoms with Gasteiger partial charge in [-0.3, -0.25) is 4.79 Å². The maximum absolute atomic E-state index is 11.7. The minimum atomic E-state index is -2.21. The molecule has 6 nitrogen and oxygen atoms in total. The summed E-state index contributed by atoms with van der Waals surface area (Å²) in [6.45, 7) is 0. The summed E-state index contributed by atoms with van der Waals surface area (Å²) in [6, 6.07) is 6.83. The SMILES string of the molecule is NN(C(=O)C(Cl)(Cl)Cl)c1nncc(-c2ccc(Cl)cc2)n1. The number of amides is 1. The Morgan fingerprint density at radius 3 is 2.38 bits per heavy atom. The molecule has 0 aliphatic rings. The number of carbonyl (C=O) groups excluding carboxylic acids is 1. The lowest BCUT2D eigenvalue weighted by Crippen LogP contribution is -2.45. The fourth-order valence-corrected chi connectivity index (χ4v) is 1.78. The molecule has 10 heteroatoms. The molecular weight excluding hydrogens is 360 g/mol. The van der Waals surface area contributed by atoms with Gasteiger partial charge in [0.1, 0.15) is 0 Å². The van der Waals surface area contributed by atoms with Crippen LogP contribution in [0, 0.1) is 0 Å². The number of nitrogens with two attached hydrogens (primary N) is 1. The predicted molar refractivity (Wildman–Crippen MR) is 82.2 cm³/mol. The first-order valence-electron chi connectivity index (χ1n) is 5.40. The molecule has 0 aliphatic carbocycles. The van der Waals surface area contributed by atoms with Crippen molar-refractivity contribution in [1.82, 2.24) is 15.2 Å². The molecule has 0 radical (unpaired) electrons. The average Bonchev–Trinajstić information content (AvgIpc) is 2.45. The molecule has 0 fully saturated rings. The fourth-order valence-electron chi connectivity index (χ4n) is 1.38. The van der Waals surface area contributed by atoms with E-state index in [2.05, 4.69) is 15.2 Å². The number of carbonyl (C=O) groups is 1. The molecule has 0 saturated carbocycles. The molecule has 110 valence electrons. The zero-order valence-corrected chi connectivity index (χ0v) is 13.2. The van der Waals surface area contributed by atoms with Crippen LogP contribution >= 0.6 is 46.4 Å². The third kappa shape index (κ3) is 3.93. The number of nitrogens with zero attached hydrogens (tertiary/aromatic N) is 4. The summed E-state index contributed by atoms with van der Waals surface area (Å²) in [4.78, 5) is 15.8. The number of hydrogen-bond acceptors (Lipinski definition) is 5. The van der Waals surface area contributed by atoms with Crippen LogP contribution in [0.4, 0.5) is 5.95 Å².